The fourth-order valence-electron chi connectivity index (χ4n) is 6.82. The zero-order valence-electron chi connectivity index (χ0n) is 30.9. The highest BCUT2D eigenvalue weighted by atomic mass is 16.3. The van der Waals surface area contributed by atoms with Crippen molar-refractivity contribution in [1.82, 2.24) is 25.1 Å². The Morgan fingerprint density at radius 2 is 1.62 bits per heavy atom. The number of amides is 4. The average molecular weight is 723 g/mol. The standard InChI is InChI=1S/C38H54N6O8/c1-23(2)14-31(41-38(52)33-12-9-13-44(33)26(5)47)34(48)17-28(16-29-19-40-22-43(29)20-27-10-7-6-8-11-27)37(51)42-32(21-45)35(49)18-30(36(39)50)24(3)15-25(4)46/h6-8,10-11,19,22-24,28,30-33,45H,9,12-18,20-21H2,1-5H3,(H2,39,50)(H,41,52)(H,42,51)/t24-,28+,30-,31-,32-,33-/m0/s1. The quantitative estimate of drug-likeness (QED) is 0.148. The number of aliphatic hydroxyl groups excluding tert-OH is 1. The lowest BCUT2D eigenvalue weighted by molar-refractivity contribution is -0.138. The van der Waals surface area contributed by atoms with E-state index in [4.69, 9.17) is 5.73 Å². The molecule has 1 aliphatic rings. The van der Waals surface area contributed by atoms with Crippen molar-refractivity contribution in [2.75, 3.05) is 13.2 Å². The van der Waals surface area contributed by atoms with Gasteiger partial charge in [0, 0.05) is 63.5 Å². The topological polar surface area (TPSA) is 211 Å². The third-order valence-electron chi connectivity index (χ3n) is 9.61. The molecule has 1 aliphatic heterocycles. The summed E-state index contributed by atoms with van der Waals surface area (Å²) < 4.78 is 1.85. The van der Waals surface area contributed by atoms with Crippen molar-refractivity contribution in [2.24, 2.45) is 29.4 Å². The Kier molecular flexibility index (Phi) is 15.9. The fraction of sp³-hybridized carbons (Fsp3) is 0.579. The maximum atomic E-state index is 14.0. The van der Waals surface area contributed by atoms with E-state index in [1.807, 2.05) is 48.7 Å². The van der Waals surface area contributed by atoms with E-state index in [1.54, 1.807) is 19.4 Å². The number of nitrogens with one attached hydrogen (secondary N) is 2. The molecule has 52 heavy (non-hydrogen) atoms. The van der Waals surface area contributed by atoms with E-state index in [-0.39, 0.29) is 36.9 Å². The van der Waals surface area contributed by atoms with E-state index in [9.17, 15) is 38.7 Å². The van der Waals surface area contributed by atoms with Crippen LogP contribution in [0.2, 0.25) is 0 Å². The number of nitrogens with zero attached hydrogens (tertiary/aromatic N) is 3. The Labute approximate surface area is 305 Å². The zero-order valence-corrected chi connectivity index (χ0v) is 30.9. The molecular formula is C38H54N6O8. The summed E-state index contributed by atoms with van der Waals surface area (Å²) in [5.41, 5.74) is 7.19. The molecule has 4 amide bonds. The lowest BCUT2D eigenvalue weighted by Gasteiger charge is -2.27. The lowest BCUT2D eigenvalue weighted by atomic mass is 9.84. The van der Waals surface area contributed by atoms with E-state index >= 15 is 0 Å². The molecule has 14 heteroatoms. The summed E-state index contributed by atoms with van der Waals surface area (Å²) in [6.07, 6.45) is 4.01. The molecule has 1 fully saturated rings. The molecule has 0 bridgehead atoms. The number of aromatic nitrogens is 2. The van der Waals surface area contributed by atoms with Crippen LogP contribution in [0.15, 0.2) is 42.9 Å². The minimum atomic E-state index is -1.41. The van der Waals surface area contributed by atoms with Crippen LogP contribution in [-0.2, 0) is 46.5 Å². The Hall–Kier alpha value is -4.72. The minimum Gasteiger partial charge on any atom is -0.394 e. The maximum Gasteiger partial charge on any atom is 0.243 e. The number of aliphatic hydroxyl groups is 1. The van der Waals surface area contributed by atoms with Crippen molar-refractivity contribution >= 4 is 41.0 Å². The number of hydrogen-bond acceptors (Lipinski definition) is 9. The number of primary amides is 1. The summed E-state index contributed by atoms with van der Waals surface area (Å²) >= 11 is 0. The van der Waals surface area contributed by atoms with E-state index in [2.05, 4.69) is 15.6 Å². The van der Waals surface area contributed by atoms with Crippen molar-refractivity contribution in [3.8, 4) is 0 Å². The van der Waals surface area contributed by atoms with Gasteiger partial charge in [-0.2, -0.15) is 0 Å². The van der Waals surface area contributed by atoms with Crippen molar-refractivity contribution in [2.45, 2.75) is 104 Å². The summed E-state index contributed by atoms with van der Waals surface area (Å²) in [7, 11) is 0. The first-order valence-electron chi connectivity index (χ1n) is 18.0. The molecule has 0 radical (unpaired) electrons. The SMILES string of the molecule is CC(=O)C[C@H](C)[C@H](CC(=O)[C@H](CO)NC(=O)[C@@H](CC(=O)[C@H](CC(C)C)NC(=O)[C@@H]1CCCN1C(C)=O)Cc1cncn1Cc1ccccc1)C(N)=O. The summed E-state index contributed by atoms with van der Waals surface area (Å²) in [4.78, 5) is 96.6. The van der Waals surface area contributed by atoms with Gasteiger partial charge in [-0.05, 0) is 43.6 Å². The van der Waals surface area contributed by atoms with Gasteiger partial charge in [-0.25, -0.2) is 4.98 Å². The molecule has 0 spiro atoms. The molecule has 1 aromatic carbocycles. The summed E-state index contributed by atoms with van der Waals surface area (Å²) in [6, 6.07) is 6.56. The second-order valence-corrected chi connectivity index (χ2v) is 14.4. The predicted molar refractivity (Wildman–Crippen MR) is 192 cm³/mol. The van der Waals surface area contributed by atoms with E-state index in [0.717, 1.165) is 5.56 Å². The van der Waals surface area contributed by atoms with Gasteiger partial charge in [0.25, 0.3) is 0 Å². The smallest absolute Gasteiger partial charge is 0.243 e. The van der Waals surface area contributed by atoms with Crippen LogP contribution in [0.3, 0.4) is 0 Å². The first-order valence-corrected chi connectivity index (χ1v) is 18.0. The molecule has 0 unspecified atom stereocenters. The van der Waals surface area contributed by atoms with Crippen LogP contribution < -0.4 is 16.4 Å². The largest absolute Gasteiger partial charge is 0.394 e. The molecule has 1 aromatic heterocycles. The Morgan fingerprint density at radius 3 is 2.21 bits per heavy atom. The number of ketones is 3. The molecule has 6 atom stereocenters. The third-order valence-corrected chi connectivity index (χ3v) is 9.61. The zero-order chi connectivity index (χ0) is 38.5. The van der Waals surface area contributed by atoms with Crippen molar-refractivity contribution in [3.05, 3.63) is 54.1 Å². The third kappa shape index (κ3) is 12.2. The van der Waals surface area contributed by atoms with Crippen molar-refractivity contribution in [1.29, 1.82) is 0 Å². The number of Topliss-reactive ketones (excluding diaryl/α,β-unsaturated/α-hetero) is 3. The average Bonchev–Trinajstić information content (AvgIpc) is 3.75. The Balaban J connectivity index is 1.88. The highest BCUT2D eigenvalue weighted by molar-refractivity contribution is 5.96. The first-order chi connectivity index (χ1) is 24.6. The van der Waals surface area contributed by atoms with Gasteiger partial charge in [-0.3, -0.25) is 28.8 Å². The van der Waals surface area contributed by atoms with E-state index < -0.39 is 78.2 Å². The summed E-state index contributed by atoms with van der Waals surface area (Å²) in [5.74, 6) is -5.92. The van der Waals surface area contributed by atoms with Crippen LogP contribution in [-0.4, -0.2) is 91.8 Å². The molecule has 5 N–H and O–H groups in total. The second-order valence-electron chi connectivity index (χ2n) is 14.4. The van der Waals surface area contributed by atoms with Crippen molar-refractivity contribution in [3.63, 3.8) is 0 Å². The number of hydrogen-bond donors (Lipinski definition) is 4. The highest BCUT2D eigenvalue weighted by Crippen LogP contribution is 2.23. The van der Waals surface area contributed by atoms with Crippen molar-refractivity contribution < 1.29 is 38.7 Å². The van der Waals surface area contributed by atoms with E-state index in [1.165, 1.54) is 18.7 Å². The van der Waals surface area contributed by atoms with Gasteiger partial charge in [-0.15, -0.1) is 0 Å². The fourth-order valence-corrected chi connectivity index (χ4v) is 6.82. The van der Waals surface area contributed by atoms with Gasteiger partial charge in [0.15, 0.2) is 11.6 Å². The number of nitrogens with two attached hydrogens (primary N) is 1. The molecule has 2 heterocycles. The number of rotatable bonds is 21. The second kappa shape index (κ2) is 19.8. The maximum absolute atomic E-state index is 14.0. The molecule has 14 nitrogen and oxygen atoms in total. The van der Waals surface area contributed by atoms with Crippen LogP contribution in [0, 0.1) is 23.7 Å². The normalized spacial score (nSPS) is 17.1. The first kappa shape index (κ1) is 41.7. The molecule has 1 saturated heterocycles. The molecule has 2 aromatic rings. The molecular weight excluding hydrogens is 668 g/mol. The molecule has 0 aliphatic carbocycles. The van der Waals surface area contributed by atoms with Gasteiger partial charge in [0.05, 0.1) is 24.9 Å². The van der Waals surface area contributed by atoms with Crippen LogP contribution in [0.4, 0.5) is 0 Å². The minimum absolute atomic E-state index is 0.00121. The van der Waals surface area contributed by atoms with Gasteiger partial charge in [0.2, 0.25) is 23.6 Å². The summed E-state index contributed by atoms with van der Waals surface area (Å²) in [6.45, 7) is 8.34. The molecule has 284 valence electrons. The highest BCUT2D eigenvalue weighted by Gasteiger charge is 2.37. The van der Waals surface area contributed by atoms with Crippen LogP contribution in [0.5, 0.6) is 0 Å². The number of likely N-dealkylation sites (tertiary alicyclic amines) is 1. The Morgan fingerprint density at radius 1 is 0.942 bits per heavy atom. The van der Waals surface area contributed by atoms with Gasteiger partial charge in [-0.1, -0.05) is 51.1 Å². The number of carbonyl (C=O) groups excluding carboxylic acids is 7. The number of carbonyl (C=O) groups is 7. The molecule has 3 rings (SSSR count). The van der Waals surface area contributed by atoms with Gasteiger partial charge >= 0.3 is 0 Å². The van der Waals surface area contributed by atoms with Crippen LogP contribution in [0.1, 0.15) is 84.4 Å². The van der Waals surface area contributed by atoms with Gasteiger partial charge in [0.1, 0.15) is 17.9 Å². The summed E-state index contributed by atoms with van der Waals surface area (Å²) in [5, 5.41) is 15.6. The number of imidazole rings is 1. The number of benzene rings is 1. The van der Waals surface area contributed by atoms with Crippen LogP contribution >= 0.6 is 0 Å². The lowest BCUT2D eigenvalue weighted by Crippen LogP contribution is -2.52. The predicted octanol–water partition coefficient (Wildman–Crippen LogP) is 1.74. The van der Waals surface area contributed by atoms with Crippen LogP contribution in [0.25, 0.3) is 0 Å². The molecule has 0 saturated carbocycles. The Bertz CT molecular complexity index is 1570. The van der Waals surface area contributed by atoms with Gasteiger partial charge < -0.3 is 35.7 Å². The van der Waals surface area contributed by atoms with E-state index in [0.29, 0.717) is 38.0 Å². The monoisotopic (exact) mass is 722 g/mol.